The third kappa shape index (κ3) is 5.53. The van der Waals surface area contributed by atoms with E-state index in [0.717, 1.165) is 22.2 Å². The first kappa shape index (κ1) is 23.2. The minimum Gasteiger partial charge on any atom is -0.436 e. The van der Waals surface area contributed by atoms with Crippen LogP contribution in [0.15, 0.2) is 65.1 Å². The van der Waals surface area contributed by atoms with Gasteiger partial charge in [0.15, 0.2) is 10.7 Å². The van der Waals surface area contributed by atoms with Crippen molar-refractivity contribution in [3.8, 4) is 11.5 Å². The minimum absolute atomic E-state index is 0.194. The Morgan fingerprint density at radius 1 is 1.06 bits per heavy atom. The van der Waals surface area contributed by atoms with Crippen LogP contribution >= 0.6 is 35.4 Å². The van der Waals surface area contributed by atoms with Crippen LogP contribution in [-0.2, 0) is 6.54 Å². The fraction of sp³-hybridized carbons (Fsp3) is 0.160. The zero-order chi connectivity index (χ0) is 23.5. The highest BCUT2D eigenvalue weighted by atomic mass is 35.5. The molecule has 2 N–H and O–H groups in total. The molecule has 0 aliphatic carbocycles. The number of aromatic nitrogens is 1. The molecule has 4 aromatic rings. The number of carbonyl (C=O) groups is 1. The maximum Gasteiger partial charge on any atom is 0.258 e. The van der Waals surface area contributed by atoms with Gasteiger partial charge < -0.3 is 9.73 Å². The number of nitrogens with zero attached hydrogens (tertiary/aromatic N) is 1. The highest BCUT2D eigenvalue weighted by Crippen LogP contribution is 2.27. The van der Waals surface area contributed by atoms with E-state index < -0.39 is 5.91 Å². The SMILES string of the molecule is CC(C)c1ccc2oc(-c3ccc(CNC(=S)NC(=O)c4cc(Cl)ccc4Cl)cc3)nc2c1. The fourth-order valence-corrected chi connectivity index (χ4v) is 3.80. The van der Waals surface area contributed by atoms with Crippen LogP contribution in [0.25, 0.3) is 22.6 Å². The number of rotatable bonds is 5. The molecule has 0 aliphatic heterocycles. The maximum absolute atomic E-state index is 12.4. The van der Waals surface area contributed by atoms with Gasteiger partial charge in [-0.2, -0.15) is 0 Å². The lowest BCUT2D eigenvalue weighted by Gasteiger charge is -2.11. The molecular weight excluding hydrogens is 477 g/mol. The van der Waals surface area contributed by atoms with Crippen LogP contribution in [0.4, 0.5) is 0 Å². The van der Waals surface area contributed by atoms with E-state index in [1.165, 1.54) is 11.6 Å². The van der Waals surface area contributed by atoms with Crippen LogP contribution < -0.4 is 10.6 Å². The van der Waals surface area contributed by atoms with Crippen molar-refractivity contribution in [1.82, 2.24) is 15.6 Å². The van der Waals surface area contributed by atoms with Gasteiger partial charge in [0.05, 0.1) is 10.6 Å². The smallest absolute Gasteiger partial charge is 0.258 e. The lowest BCUT2D eigenvalue weighted by Crippen LogP contribution is -2.38. The molecule has 1 amide bonds. The Bertz CT molecular complexity index is 1330. The molecule has 4 rings (SSSR count). The monoisotopic (exact) mass is 497 g/mol. The van der Waals surface area contributed by atoms with E-state index in [0.29, 0.717) is 28.4 Å². The van der Waals surface area contributed by atoms with Crippen LogP contribution in [0.1, 0.15) is 41.3 Å². The number of hydrogen-bond donors (Lipinski definition) is 2. The topological polar surface area (TPSA) is 67.2 Å². The number of benzene rings is 3. The third-order valence-corrected chi connectivity index (χ3v) is 5.94. The van der Waals surface area contributed by atoms with Crippen molar-refractivity contribution in [2.24, 2.45) is 0 Å². The van der Waals surface area contributed by atoms with Gasteiger partial charge in [0.25, 0.3) is 5.91 Å². The molecule has 0 unspecified atom stereocenters. The van der Waals surface area contributed by atoms with Gasteiger partial charge in [0.2, 0.25) is 5.89 Å². The number of halogens is 2. The molecule has 1 aromatic heterocycles. The molecule has 0 saturated heterocycles. The molecule has 0 fully saturated rings. The summed E-state index contributed by atoms with van der Waals surface area (Å²) in [4.78, 5) is 17.0. The Morgan fingerprint density at radius 2 is 1.82 bits per heavy atom. The summed E-state index contributed by atoms with van der Waals surface area (Å²) >= 11 is 17.2. The van der Waals surface area contributed by atoms with Crippen molar-refractivity contribution in [2.45, 2.75) is 26.3 Å². The van der Waals surface area contributed by atoms with Crippen molar-refractivity contribution >= 4 is 57.5 Å². The summed E-state index contributed by atoms with van der Waals surface area (Å²) in [6.07, 6.45) is 0. The summed E-state index contributed by atoms with van der Waals surface area (Å²) in [5.41, 5.74) is 4.96. The van der Waals surface area contributed by atoms with E-state index in [9.17, 15) is 4.79 Å². The van der Waals surface area contributed by atoms with Gasteiger partial charge >= 0.3 is 0 Å². The second-order valence-corrected chi connectivity index (χ2v) is 9.11. The van der Waals surface area contributed by atoms with E-state index in [2.05, 4.69) is 41.6 Å². The van der Waals surface area contributed by atoms with Crippen LogP contribution in [0, 0.1) is 0 Å². The number of carbonyl (C=O) groups excluding carboxylic acids is 1. The molecule has 0 spiro atoms. The summed E-state index contributed by atoms with van der Waals surface area (Å²) in [6, 6.07) is 18.6. The van der Waals surface area contributed by atoms with Gasteiger partial charge in [-0.3, -0.25) is 10.1 Å². The zero-order valence-electron chi connectivity index (χ0n) is 18.0. The van der Waals surface area contributed by atoms with Crippen molar-refractivity contribution in [2.75, 3.05) is 0 Å². The van der Waals surface area contributed by atoms with Gasteiger partial charge in [0.1, 0.15) is 5.52 Å². The molecule has 5 nitrogen and oxygen atoms in total. The number of oxazole rings is 1. The van der Waals surface area contributed by atoms with Crippen molar-refractivity contribution < 1.29 is 9.21 Å². The van der Waals surface area contributed by atoms with E-state index in [4.69, 9.17) is 39.8 Å². The van der Waals surface area contributed by atoms with Crippen LogP contribution in [0.3, 0.4) is 0 Å². The van der Waals surface area contributed by atoms with Crippen LogP contribution in [0.2, 0.25) is 10.0 Å². The molecule has 0 aliphatic rings. The lowest BCUT2D eigenvalue weighted by molar-refractivity contribution is 0.0977. The number of thiocarbonyl (C=S) groups is 1. The van der Waals surface area contributed by atoms with Gasteiger partial charge in [-0.05, 0) is 71.7 Å². The van der Waals surface area contributed by atoms with Crippen LogP contribution in [0.5, 0.6) is 0 Å². The number of hydrogen-bond acceptors (Lipinski definition) is 4. The molecule has 0 saturated carbocycles. The van der Waals surface area contributed by atoms with Crippen molar-refractivity contribution in [3.63, 3.8) is 0 Å². The van der Waals surface area contributed by atoms with Crippen molar-refractivity contribution in [1.29, 1.82) is 0 Å². The molecule has 33 heavy (non-hydrogen) atoms. The fourth-order valence-electron chi connectivity index (χ4n) is 3.26. The minimum atomic E-state index is -0.424. The summed E-state index contributed by atoms with van der Waals surface area (Å²) in [6.45, 7) is 4.74. The van der Waals surface area contributed by atoms with E-state index in [-0.39, 0.29) is 10.7 Å². The second kappa shape index (κ2) is 9.91. The van der Waals surface area contributed by atoms with Crippen molar-refractivity contribution in [3.05, 3.63) is 87.4 Å². The standard InChI is InChI=1S/C25H21Cl2N3O2S/c1-14(2)17-7-10-22-21(11-17)29-24(32-22)16-5-3-15(4-6-16)13-28-25(33)30-23(31)19-12-18(26)8-9-20(19)27/h3-12,14H,13H2,1-2H3,(H2,28,30,31,33). The first-order valence-corrected chi connectivity index (χ1v) is 11.5. The molecule has 8 heteroatoms. The average molecular weight is 498 g/mol. The third-order valence-electron chi connectivity index (χ3n) is 5.13. The molecule has 1 heterocycles. The highest BCUT2D eigenvalue weighted by Gasteiger charge is 2.13. The Kier molecular flexibility index (Phi) is 6.98. The highest BCUT2D eigenvalue weighted by molar-refractivity contribution is 7.80. The first-order valence-electron chi connectivity index (χ1n) is 10.3. The molecular formula is C25H21Cl2N3O2S. The normalized spacial score (nSPS) is 11.1. The largest absolute Gasteiger partial charge is 0.436 e. The molecule has 0 radical (unpaired) electrons. The number of fused-ring (bicyclic) bond motifs is 1. The lowest BCUT2D eigenvalue weighted by atomic mass is 10.0. The molecule has 0 bridgehead atoms. The number of amides is 1. The maximum atomic E-state index is 12.4. The van der Waals surface area contributed by atoms with Gasteiger partial charge in [-0.15, -0.1) is 0 Å². The van der Waals surface area contributed by atoms with E-state index >= 15 is 0 Å². The Morgan fingerprint density at radius 3 is 2.55 bits per heavy atom. The predicted molar refractivity (Wildman–Crippen MR) is 137 cm³/mol. The number of nitrogens with one attached hydrogen (secondary N) is 2. The Labute approximate surface area is 207 Å². The van der Waals surface area contributed by atoms with Gasteiger partial charge in [-0.1, -0.05) is 55.2 Å². The summed E-state index contributed by atoms with van der Waals surface area (Å²) in [5, 5.41) is 6.54. The Hall–Kier alpha value is -2.93. The molecule has 0 atom stereocenters. The van der Waals surface area contributed by atoms with Gasteiger partial charge in [-0.25, -0.2) is 4.98 Å². The van der Waals surface area contributed by atoms with E-state index in [1.54, 1.807) is 12.1 Å². The first-order chi connectivity index (χ1) is 15.8. The zero-order valence-corrected chi connectivity index (χ0v) is 20.3. The summed E-state index contributed by atoms with van der Waals surface area (Å²) in [5.74, 6) is 0.582. The molecule has 168 valence electrons. The summed E-state index contributed by atoms with van der Waals surface area (Å²) < 4.78 is 5.92. The van der Waals surface area contributed by atoms with E-state index in [1.807, 2.05) is 30.3 Å². The average Bonchev–Trinajstić information content (AvgIpc) is 3.23. The quantitative estimate of drug-likeness (QED) is 0.299. The van der Waals surface area contributed by atoms with Crippen LogP contribution in [-0.4, -0.2) is 16.0 Å². The molecule has 3 aromatic carbocycles. The second-order valence-electron chi connectivity index (χ2n) is 7.86. The van der Waals surface area contributed by atoms with Gasteiger partial charge in [0, 0.05) is 17.1 Å². The Balaban J connectivity index is 1.37. The predicted octanol–water partition coefficient (Wildman–Crippen LogP) is 6.73. The summed E-state index contributed by atoms with van der Waals surface area (Å²) in [7, 11) is 0.